The lowest BCUT2D eigenvalue weighted by atomic mass is 10.1. The van der Waals surface area contributed by atoms with Gasteiger partial charge in [-0.05, 0) is 30.6 Å². The highest BCUT2D eigenvalue weighted by Gasteiger charge is 2.20. The van der Waals surface area contributed by atoms with Gasteiger partial charge in [0.2, 0.25) is 0 Å². The Hall–Kier alpha value is -1.95. The van der Waals surface area contributed by atoms with E-state index in [4.69, 9.17) is 0 Å². The summed E-state index contributed by atoms with van der Waals surface area (Å²) in [5, 5.41) is 12.8. The zero-order valence-corrected chi connectivity index (χ0v) is 9.99. The van der Waals surface area contributed by atoms with Gasteiger partial charge in [-0.2, -0.15) is 4.37 Å². The second-order valence-electron chi connectivity index (χ2n) is 3.31. The normalized spacial score (nSPS) is 10.2. The summed E-state index contributed by atoms with van der Waals surface area (Å²) in [5.74, 6) is -0.978. The number of anilines is 1. The maximum Gasteiger partial charge on any atom is 0.341 e. The number of aromatic carboxylic acids is 1. The van der Waals surface area contributed by atoms with Crippen molar-refractivity contribution in [1.29, 1.82) is 0 Å². The summed E-state index contributed by atoms with van der Waals surface area (Å²) in [7, 11) is 0. The average Bonchev–Trinajstić information content (AvgIpc) is 2.74. The number of nitrogens with one attached hydrogen (secondary N) is 1. The minimum atomic E-state index is -0.978. The molecule has 0 bridgehead atoms. The molecule has 2 heterocycles. The third-order valence-corrected chi connectivity index (χ3v) is 2.98. The number of nitrogens with zero attached hydrogens (tertiary/aromatic N) is 2. The van der Waals surface area contributed by atoms with Crippen molar-refractivity contribution < 1.29 is 9.90 Å². The number of aromatic nitrogens is 2. The van der Waals surface area contributed by atoms with E-state index in [0.717, 1.165) is 11.5 Å². The number of hydrogen-bond donors (Lipinski definition) is 2. The molecular weight excluding hydrogens is 238 g/mol. The second-order valence-corrected chi connectivity index (χ2v) is 4.09. The first kappa shape index (κ1) is 11.5. The van der Waals surface area contributed by atoms with Crippen LogP contribution in [0.3, 0.4) is 0 Å². The molecule has 5 nitrogen and oxygen atoms in total. The number of carboxylic acid groups (broad SMARTS) is 1. The summed E-state index contributed by atoms with van der Waals surface area (Å²) < 4.78 is 4.18. The summed E-state index contributed by atoms with van der Waals surface area (Å²) in [6, 6.07) is 3.55. The average molecular weight is 249 g/mol. The molecule has 0 fully saturated rings. The van der Waals surface area contributed by atoms with Crippen molar-refractivity contribution in [2.45, 2.75) is 6.92 Å². The van der Waals surface area contributed by atoms with Gasteiger partial charge in [-0.25, -0.2) is 4.79 Å². The molecule has 2 N–H and O–H groups in total. The summed E-state index contributed by atoms with van der Waals surface area (Å²) in [6.07, 6.45) is 3.25. The van der Waals surface area contributed by atoms with Gasteiger partial charge in [0.15, 0.2) is 0 Å². The van der Waals surface area contributed by atoms with Crippen molar-refractivity contribution in [3.63, 3.8) is 0 Å². The lowest BCUT2D eigenvalue weighted by molar-refractivity contribution is 0.0699. The van der Waals surface area contributed by atoms with Crippen LogP contribution in [0.1, 0.15) is 17.3 Å². The third-order valence-electron chi connectivity index (χ3n) is 2.18. The Balaban J connectivity index is 2.52. The van der Waals surface area contributed by atoms with Crippen molar-refractivity contribution >= 4 is 22.5 Å². The molecule has 0 atom stereocenters. The number of hydrogen-bond acceptors (Lipinski definition) is 5. The van der Waals surface area contributed by atoms with Gasteiger partial charge < -0.3 is 10.4 Å². The Morgan fingerprint density at radius 3 is 3.00 bits per heavy atom. The van der Waals surface area contributed by atoms with Crippen LogP contribution in [0.2, 0.25) is 0 Å². The molecule has 0 aliphatic heterocycles. The summed E-state index contributed by atoms with van der Waals surface area (Å²) >= 11 is 1.15. The molecule has 0 amide bonds. The zero-order chi connectivity index (χ0) is 12.3. The highest BCUT2D eigenvalue weighted by molar-refractivity contribution is 7.11. The molecule has 17 heavy (non-hydrogen) atoms. The number of carbonyl (C=O) groups is 1. The predicted molar refractivity (Wildman–Crippen MR) is 66.5 cm³/mol. The minimum Gasteiger partial charge on any atom is -0.478 e. The van der Waals surface area contributed by atoms with E-state index in [1.807, 2.05) is 6.92 Å². The molecule has 88 valence electrons. The maximum atomic E-state index is 11.3. The van der Waals surface area contributed by atoms with E-state index in [-0.39, 0.29) is 5.56 Å². The molecule has 0 saturated carbocycles. The van der Waals surface area contributed by atoms with E-state index < -0.39 is 5.97 Å². The standard InChI is InChI=1S/C11H11N3O2S/c1-2-13-10-8(11(15)16)9(14-17-10)7-4-3-5-12-6-7/h3-6,13H,2H2,1H3,(H,15,16). The lowest BCUT2D eigenvalue weighted by Crippen LogP contribution is -2.04. The largest absolute Gasteiger partial charge is 0.478 e. The molecule has 2 aromatic heterocycles. The van der Waals surface area contributed by atoms with Gasteiger partial charge in [0.1, 0.15) is 16.3 Å². The van der Waals surface area contributed by atoms with E-state index in [0.29, 0.717) is 22.8 Å². The van der Waals surface area contributed by atoms with Crippen LogP contribution >= 0.6 is 11.5 Å². The smallest absolute Gasteiger partial charge is 0.341 e. The van der Waals surface area contributed by atoms with Gasteiger partial charge in [-0.3, -0.25) is 4.98 Å². The molecule has 0 aromatic carbocycles. The SMILES string of the molecule is CCNc1snc(-c2cccnc2)c1C(=O)O. The molecule has 2 aromatic rings. The van der Waals surface area contributed by atoms with E-state index in [9.17, 15) is 9.90 Å². The van der Waals surface area contributed by atoms with Gasteiger partial charge >= 0.3 is 5.97 Å². The van der Waals surface area contributed by atoms with E-state index in [2.05, 4.69) is 14.7 Å². The molecule has 0 saturated heterocycles. The van der Waals surface area contributed by atoms with Crippen LogP contribution in [0.25, 0.3) is 11.3 Å². The Labute approximate surface area is 102 Å². The molecule has 2 rings (SSSR count). The van der Waals surface area contributed by atoms with Gasteiger partial charge in [0.05, 0.1) is 0 Å². The van der Waals surface area contributed by atoms with E-state index in [1.165, 1.54) is 0 Å². The van der Waals surface area contributed by atoms with Crippen LogP contribution < -0.4 is 5.32 Å². The fourth-order valence-electron chi connectivity index (χ4n) is 1.47. The molecule has 6 heteroatoms. The molecular formula is C11H11N3O2S. The number of rotatable bonds is 4. The van der Waals surface area contributed by atoms with Crippen LogP contribution in [0.5, 0.6) is 0 Å². The Morgan fingerprint density at radius 1 is 1.59 bits per heavy atom. The first-order valence-corrected chi connectivity index (χ1v) is 5.88. The highest BCUT2D eigenvalue weighted by Crippen LogP contribution is 2.31. The highest BCUT2D eigenvalue weighted by atomic mass is 32.1. The minimum absolute atomic E-state index is 0.213. The monoisotopic (exact) mass is 249 g/mol. The Bertz CT molecular complexity index is 525. The van der Waals surface area contributed by atoms with Crippen molar-refractivity contribution in [3.8, 4) is 11.3 Å². The van der Waals surface area contributed by atoms with Gasteiger partial charge in [0.25, 0.3) is 0 Å². The molecule has 0 aliphatic carbocycles. The number of carboxylic acids is 1. The first-order chi connectivity index (χ1) is 8.24. The van der Waals surface area contributed by atoms with Gasteiger partial charge in [-0.15, -0.1) is 0 Å². The van der Waals surface area contributed by atoms with Crippen molar-refractivity contribution in [2.24, 2.45) is 0 Å². The fraction of sp³-hybridized carbons (Fsp3) is 0.182. The zero-order valence-electron chi connectivity index (χ0n) is 9.17. The van der Waals surface area contributed by atoms with Crippen LogP contribution in [0, 0.1) is 0 Å². The topological polar surface area (TPSA) is 75.1 Å². The van der Waals surface area contributed by atoms with Crippen LogP contribution in [-0.2, 0) is 0 Å². The quantitative estimate of drug-likeness (QED) is 0.869. The predicted octanol–water partition coefficient (Wildman–Crippen LogP) is 2.34. The van der Waals surface area contributed by atoms with Crippen molar-refractivity contribution in [2.75, 3.05) is 11.9 Å². The summed E-state index contributed by atoms with van der Waals surface area (Å²) in [6.45, 7) is 2.57. The van der Waals surface area contributed by atoms with E-state index >= 15 is 0 Å². The Morgan fingerprint density at radius 2 is 2.41 bits per heavy atom. The second kappa shape index (κ2) is 4.92. The van der Waals surface area contributed by atoms with Gasteiger partial charge in [-0.1, -0.05) is 0 Å². The molecule has 0 radical (unpaired) electrons. The van der Waals surface area contributed by atoms with E-state index in [1.54, 1.807) is 24.5 Å². The first-order valence-electron chi connectivity index (χ1n) is 5.11. The third kappa shape index (κ3) is 2.26. The van der Waals surface area contributed by atoms with Crippen LogP contribution in [0.4, 0.5) is 5.00 Å². The lowest BCUT2D eigenvalue weighted by Gasteiger charge is -2.01. The molecule has 0 spiro atoms. The van der Waals surface area contributed by atoms with Crippen molar-refractivity contribution in [3.05, 3.63) is 30.1 Å². The summed E-state index contributed by atoms with van der Waals surface area (Å²) in [5.41, 5.74) is 1.39. The maximum absolute atomic E-state index is 11.3. The molecule has 0 unspecified atom stereocenters. The summed E-state index contributed by atoms with van der Waals surface area (Å²) in [4.78, 5) is 15.2. The Kier molecular flexibility index (Phi) is 3.34. The van der Waals surface area contributed by atoms with Crippen LogP contribution in [0.15, 0.2) is 24.5 Å². The fourth-order valence-corrected chi connectivity index (χ4v) is 2.33. The molecule has 0 aliphatic rings. The van der Waals surface area contributed by atoms with Crippen molar-refractivity contribution in [1.82, 2.24) is 9.36 Å². The van der Waals surface area contributed by atoms with Crippen LogP contribution in [-0.4, -0.2) is 27.0 Å². The number of pyridine rings is 1. The van der Waals surface area contributed by atoms with Gasteiger partial charge in [0, 0.05) is 24.5 Å².